The van der Waals surface area contributed by atoms with Gasteiger partial charge in [-0.05, 0) is 38.6 Å². The van der Waals surface area contributed by atoms with Gasteiger partial charge in [-0.3, -0.25) is 9.11 Å². The van der Waals surface area contributed by atoms with Crippen molar-refractivity contribution in [2.75, 3.05) is 25.4 Å². The van der Waals surface area contributed by atoms with Crippen molar-refractivity contribution in [2.45, 2.75) is 70.3 Å². The van der Waals surface area contributed by atoms with Crippen molar-refractivity contribution in [3.63, 3.8) is 0 Å². The van der Waals surface area contributed by atoms with E-state index < -0.39 is 10.4 Å². The summed E-state index contributed by atoms with van der Waals surface area (Å²) in [5, 5.41) is 3.37. The molecule has 0 aromatic heterocycles. The van der Waals surface area contributed by atoms with Crippen molar-refractivity contribution in [3.05, 3.63) is 0 Å². The van der Waals surface area contributed by atoms with Crippen molar-refractivity contribution in [1.29, 1.82) is 0 Å². The molecule has 0 heterocycles. The fourth-order valence-electron chi connectivity index (χ4n) is 2.57. The summed E-state index contributed by atoms with van der Waals surface area (Å²) in [6.45, 7) is 3.13. The van der Waals surface area contributed by atoms with Gasteiger partial charge in [0.1, 0.15) is 0 Å². The highest BCUT2D eigenvalue weighted by Crippen LogP contribution is 2.19. The third kappa shape index (κ3) is 22.1. The molecule has 1 fully saturated rings. The van der Waals surface area contributed by atoms with Gasteiger partial charge < -0.3 is 10.1 Å². The number of hydrogen-bond acceptors (Lipinski definition) is 5. The summed E-state index contributed by atoms with van der Waals surface area (Å²) in [5.74, 6) is 0.935. The number of hydrogen-bond donors (Lipinski definition) is 4. The van der Waals surface area contributed by atoms with Crippen LogP contribution in [0.4, 0.5) is 0 Å². The summed E-state index contributed by atoms with van der Waals surface area (Å²) >= 11 is 4.17. The van der Waals surface area contributed by atoms with Crippen LogP contribution in [0.2, 0.25) is 0 Å². The zero-order valence-electron chi connectivity index (χ0n) is 14.0. The molecule has 1 aliphatic carbocycles. The lowest BCUT2D eigenvalue weighted by Gasteiger charge is -2.20. The fraction of sp³-hybridized carbons (Fsp3) is 1.00. The first-order chi connectivity index (χ1) is 10.9. The summed E-state index contributed by atoms with van der Waals surface area (Å²) in [7, 11) is -4.67. The van der Waals surface area contributed by atoms with Crippen LogP contribution in [0, 0.1) is 0 Å². The Bertz CT molecular complexity index is 336. The van der Waals surface area contributed by atoms with Crippen molar-refractivity contribution in [2.24, 2.45) is 0 Å². The van der Waals surface area contributed by atoms with Crippen LogP contribution in [0.25, 0.3) is 0 Å². The average molecular weight is 372 g/mol. The van der Waals surface area contributed by atoms with Crippen LogP contribution in [0.1, 0.15) is 64.2 Å². The van der Waals surface area contributed by atoms with E-state index in [2.05, 4.69) is 17.9 Å². The smallest absolute Gasteiger partial charge is 0.378 e. The predicted molar refractivity (Wildman–Crippen MR) is 96.8 cm³/mol. The van der Waals surface area contributed by atoms with Crippen LogP contribution in [0.15, 0.2) is 0 Å². The lowest BCUT2D eigenvalue weighted by molar-refractivity contribution is 0.0333. The van der Waals surface area contributed by atoms with Crippen molar-refractivity contribution in [3.8, 4) is 0 Å². The molecular formula is C15H33NO5S2. The van der Waals surface area contributed by atoms with Crippen molar-refractivity contribution < 1.29 is 22.3 Å². The average Bonchev–Trinajstić information content (AvgIpc) is 2.41. The number of ether oxygens (including phenoxy) is 1. The molecule has 0 radical (unpaired) electrons. The quantitative estimate of drug-likeness (QED) is 0.282. The first-order valence-electron chi connectivity index (χ1n) is 8.56. The van der Waals surface area contributed by atoms with Gasteiger partial charge in [-0.25, -0.2) is 0 Å². The largest absolute Gasteiger partial charge is 0.394 e. The lowest BCUT2D eigenvalue weighted by Crippen LogP contribution is -2.18. The molecular weight excluding hydrogens is 338 g/mol. The zero-order valence-corrected chi connectivity index (χ0v) is 15.7. The van der Waals surface area contributed by atoms with E-state index in [9.17, 15) is 0 Å². The second-order valence-corrected chi connectivity index (χ2v) is 7.16. The van der Waals surface area contributed by atoms with Crippen LogP contribution >= 0.6 is 12.6 Å². The van der Waals surface area contributed by atoms with E-state index in [-0.39, 0.29) is 0 Å². The summed E-state index contributed by atoms with van der Waals surface area (Å²) in [5.41, 5.74) is 0. The first-order valence-corrected chi connectivity index (χ1v) is 10.6. The maximum Gasteiger partial charge on any atom is 0.394 e. The number of thiol groups is 1. The molecule has 0 saturated heterocycles. The molecule has 0 unspecified atom stereocenters. The number of rotatable bonds is 9. The minimum atomic E-state index is -4.67. The van der Waals surface area contributed by atoms with Gasteiger partial charge in [-0.15, -0.1) is 0 Å². The molecule has 6 nitrogen and oxygen atoms in total. The highest BCUT2D eigenvalue weighted by atomic mass is 32.3. The van der Waals surface area contributed by atoms with E-state index in [4.69, 9.17) is 22.3 Å². The Kier molecular flexibility index (Phi) is 15.8. The first kappa shape index (κ1) is 23.1. The zero-order chi connectivity index (χ0) is 17.4. The van der Waals surface area contributed by atoms with Crippen molar-refractivity contribution in [1.82, 2.24) is 5.32 Å². The highest BCUT2D eigenvalue weighted by molar-refractivity contribution is 7.80. The van der Waals surface area contributed by atoms with Gasteiger partial charge in [0.25, 0.3) is 0 Å². The van der Waals surface area contributed by atoms with E-state index in [0.29, 0.717) is 6.10 Å². The maximum atomic E-state index is 8.74. The van der Waals surface area contributed by atoms with Gasteiger partial charge in [0, 0.05) is 18.9 Å². The lowest BCUT2D eigenvalue weighted by atomic mass is 9.98. The molecule has 0 aromatic rings. The van der Waals surface area contributed by atoms with Crippen LogP contribution in [-0.2, 0) is 15.1 Å². The Hall–Kier alpha value is 0.140. The van der Waals surface area contributed by atoms with Gasteiger partial charge in [0.2, 0.25) is 0 Å². The van der Waals surface area contributed by atoms with Crippen LogP contribution in [-0.4, -0.2) is 49.1 Å². The van der Waals surface area contributed by atoms with E-state index in [0.717, 1.165) is 25.4 Å². The van der Waals surface area contributed by atoms with Crippen LogP contribution in [0.5, 0.6) is 0 Å². The van der Waals surface area contributed by atoms with Gasteiger partial charge in [-0.2, -0.15) is 21.0 Å². The molecule has 1 rings (SSSR count). The molecule has 0 spiro atoms. The Labute approximate surface area is 146 Å². The summed E-state index contributed by atoms with van der Waals surface area (Å²) in [6, 6.07) is 0. The van der Waals surface area contributed by atoms with E-state index in [1.54, 1.807) is 0 Å². The van der Waals surface area contributed by atoms with Gasteiger partial charge in [0.05, 0.1) is 6.10 Å². The monoisotopic (exact) mass is 371 g/mol. The fourth-order valence-corrected chi connectivity index (χ4v) is 2.73. The summed E-state index contributed by atoms with van der Waals surface area (Å²) < 4.78 is 37.6. The molecule has 23 heavy (non-hydrogen) atoms. The molecule has 0 amide bonds. The maximum absolute atomic E-state index is 8.74. The minimum absolute atomic E-state index is 0.563. The SMILES string of the molecule is O=S(=O)(O)O.SCCNCCCCCOC1CCCCCCC1. The number of nitrogens with one attached hydrogen (secondary N) is 1. The van der Waals surface area contributed by atoms with Gasteiger partial charge in [-0.1, -0.05) is 32.1 Å². The van der Waals surface area contributed by atoms with Gasteiger partial charge >= 0.3 is 10.4 Å². The second-order valence-electron chi connectivity index (χ2n) is 5.82. The van der Waals surface area contributed by atoms with Gasteiger partial charge in [0.15, 0.2) is 0 Å². The predicted octanol–water partition coefficient (Wildman–Crippen LogP) is 3.15. The Balaban J connectivity index is 0.000000841. The van der Waals surface area contributed by atoms with Crippen LogP contribution in [0.3, 0.4) is 0 Å². The van der Waals surface area contributed by atoms with E-state index >= 15 is 0 Å². The molecule has 1 aliphatic rings. The standard InChI is InChI=1S/C15H31NOS.H2O4S/c18-14-12-16-11-7-4-8-13-17-15-9-5-2-1-3-6-10-15;1-5(2,3)4/h15-16,18H,1-14H2;(H2,1,2,3,4). The summed E-state index contributed by atoms with van der Waals surface area (Å²) in [6.07, 6.45) is 13.9. The Morgan fingerprint density at radius 1 is 0.957 bits per heavy atom. The molecule has 0 aliphatic heterocycles. The molecule has 140 valence electrons. The minimum Gasteiger partial charge on any atom is -0.378 e. The second kappa shape index (κ2) is 15.7. The third-order valence-corrected chi connectivity index (χ3v) is 3.92. The molecule has 0 aromatic carbocycles. The normalized spacial score (nSPS) is 17.0. The molecule has 1 saturated carbocycles. The molecule has 8 heteroatoms. The topological polar surface area (TPSA) is 95.9 Å². The Morgan fingerprint density at radius 2 is 1.52 bits per heavy atom. The molecule has 0 bridgehead atoms. The van der Waals surface area contributed by atoms with E-state index in [1.165, 1.54) is 64.2 Å². The Morgan fingerprint density at radius 3 is 2.09 bits per heavy atom. The number of unbranched alkanes of at least 4 members (excludes halogenated alkanes) is 2. The highest BCUT2D eigenvalue weighted by Gasteiger charge is 2.10. The van der Waals surface area contributed by atoms with Crippen LogP contribution < -0.4 is 5.32 Å². The molecule has 3 N–H and O–H groups in total. The molecule has 0 atom stereocenters. The van der Waals surface area contributed by atoms with E-state index in [1.807, 2.05) is 0 Å². The summed E-state index contributed by atoms with van der Waals surface area (Å²) in [4.78, 5) is 0. The third-order valence-electron chi connectivity index (χ3n) is 3.69. The van der Waals surface area contributed by atoms with Crippen molar-refractivity contribution >= 4 is 23.0 Å².